The minimum Gasteiger partial charge on any atom is -0.383 e. The summed E-state index contributed by atoms with van der Waals surface area (Å²) in [5.74, 6) is 0.874. The number of halogens is 1. The van der Waals surface area contributed by atoms with E-state index in [0.717, 1.165) is 94.1 Å². The minimum absolute atomic E-state index is 0.183. The maximum absolute atomic E-state index is 6.59. The Morgan fingerprint density at radius 1 is 1.09 bits per heavy atom. The third-order valence-electron chi connectivity index (χ3n) is 7.30. The molecule has 1 aromatic carbocycles. The fraction of sp³-hybridized carbons (Fsp3) is 0.593. The molecule has 0 unspecified atom stereocenters. The molecule has 3 N–H and O–H groups in total. The standard InChI is InChI=1S/C27H39ClN4O3/c1-33-15-12-29-21-6-8-22(9-7-21)32-26-17-24(25(28)18-30-26)20-4-3-5-23(16-20)31-19-27(34-2)10-13-35-14-11-27/h3-5,16-18,21-22,29,31H,6-15,19H2,1-2H3,(H,30,32)/t21-,22-. The van der Waals surface area contributed by atoms with Crippen LogP contribution in [0.15, 0.2) is 36.5 Å². The summed E-state index contributed by atoms with van der Waals surface area (Å²) in [6.45, 7) is 3.90. The van der Waals surface area contributed by atoms with Crippen molar-refractivity contribution in [3.8, 4) is 11.1 Å². The van der Waals surface area contributed by atoms with Gasteiger partial charge in [-0.15, -0.1) is 0 Å². The molecular weight excluding hydrogens is 464 g/mol. The second kappa shape index (κ2) is 12.9. The molecule has 1 saturated heterocycles. The average Bonchev–Trinajstić information content (AvgIpc) is 2.90. The number of nitrogens with zero attached hydrogens (tertiary/aromatic N) is 1. The molecule has 2 fully saturated rings. The largest absolute Gasteiger partial charge is 0.383 e. The van der Waals surface area contributed by atoms with E-state index >= 15 is 0 Å². The maximum atomic E-state index is 6.59. The van der Waals surface area contributed by atoms with Crippen molar-refractivity contribution in [1.29, 1.82) is 0 Å². The van der Waals surface area contributed by atoms with Crippen LogP contribution < -0.4 is 16.0 Å². The van der Waals surface area contributed by atoms with E-state index in [9.17, 15) is 0 Å². The SMILES string of the molecule is COCCN[C@H]1CC[C@H](Nc2cc(-c3cccc(NCC4(OC)CCOCC4)c3)c(Cl)cn2)CC1. The lowest BCUT2D eigenvalue weighted by atomic mass is 9.91. The van der Waals surface area contributed by atoms with Gasteiger partial charge in [-0.1, -0.05) is 23.7 Å². The van der Waals surface area contributed by atoms with E-state index in [1.165, 1.54) is 0 Å². The van der Waals surface area contributed by atoms with Crippen LogP contribution in [0.5, 0.6) is 0 Å². The van der Waals surface area contributed by atoms with Crippen molar-refractivity contribution in [2.24, 2.45) is 0 Å². The van der Waals surface area contributed by atoms with Crippen LogP contribution >= 0.6 is 11.6 Å². The van der Waals surface area contributed by atoms with Gasteiger partial charge >= 0.3 is 0 Å². The molecule has 8 heteroatoms. The monoisotopic (exact) mass is 502 g/mol. The van der Waals surface area contributed by atoms with Gasteiger partial charge in [0.1, 0.15) is 5.82 Å². The zero-order valence-corrected chi connectivity index (χ0v) is 21.7. The lowest BCUT2D eigenvalue weighted by Gasteiger charge is -2.36. The van der Waals surface area contributed by atoms with Crippen LogP contribution in [0.3, 0.4) is 0 Å². The Morgan fingerprint density at radius 2 is 1.86 bits per heavy atom. The molecule has 1 aromatic heterocycles. The summed E-state index contributed by atoms with van der Waals surface area (Å²) in [7, 11) is 3.53. The van der Waals surface area contributed by atoms with E-state index in [2.05, 4.69) is 51.3 Å². The summed E-state index contributed by atoms with van der Waals surface area (Å²) in [5.41, 5.74) is 2.91. The van der Waals surface area contributed by atoms with E-state index in [0.29, 0.717) is 17.1 Å². The van der Waals surface area contributed by atoms with Gasteiger partial charge < -0.3 is 30.2 Å². The Kier molecular flexibility index (Phi) is 9.63. The van der Waals surface area contributed by atoms with Crippen molar-refractivity contribution in [1.82, 2.24) is 10.3 Å². The Balaban J connectivity index is 1.37. The molecular formula is C27H39ClN4O3. The number of benzene rings is 1. The molecule has 192 valence electrons. The molecule has 1 aliphatic carbocycles. The topological polar surface area (TPSA) is 76.7 Å². The molecule has 4 rings (SSSR count). The van der Waals surface area contributed by atoms with Crippen LogP contribution in [0.1, 0.15) is 38.5 Å². The zero-order valence-electron chi connectivity index (χ0n) is 20.9. The van der Waals surface area contributed by atoms with Crippen LogP contribution in [0.4, 0.5) is 11.5 Å². The Hall–Kier alpha value is -1.90. The van der Waals surface area contributed by atoms with Gasteiger partial charge in [0.2, 0.25) is 0 Å². The van der Waals surface area contributed by atoms with Crippen LogP contribution in [0.25, 0.3) is 11.1 Å². The second-order valence-electron chi connectivity index (χ2n) is 9.62. The fourth-order valence-electron chi connectivity index (χ4n) is 5.01. The number of hydrogen-bond acceptors (Lipinski definition) is 7. The molecule has 2 aromatic rings. The summed E-state index contributed by atoms with van der Waals surface area (Å²) in [6.07, 6.45) is 8.10. The number of pyridine rings is 1. The molecule has 2 aliphatic rings. The number of aromatic nitrogens is 1. The summed E-state index contributed by atoms with van der Waals surface area (Å²) in [4.78, 5) is 4.56. The molecule has 0 radical (unpaired) electrons. The number of nitrogens with one attached hydrogen (secondary N) is 3. The van der Waals surface area contributed by atoms with Crippen LogP contribution in [-0.2, 0) is 14.2 Å². The zero-order chi connectivity index (χ0) is 24.5. The molecule has 1 saturated carbocycles. The summed E-state index contributed by atoms with van der Waals surface area (Å²) < 4.78 is 16.5. The summed E-state index contributed by atoms with van der Waals surface area (Å²) >= 11 is 6.59. The van der Waals surface area contributed by atoms with Gasteiger partial charge in [-0.3, -0.25) is 0 Å². The van der Waals surface area contributed by atoms with E-state index in [4.69, 9.17) is 25.8 Å². The Bertz CT molecular complexity index is 930. The third kappa shape index (κ3) is 7.30. The Labute approximate surface area is 214 Å². The highest BCUT2D eigenvalue weighted by atomic mass is 35.5. The van der Waals surface area contributed by atoms with Crippen molar-refractivity contribution in [2.75, 3.05) is 57.8 Å². The smallest absolute Gasteiger partial charge is 0.126 e. The van der Waals surface area contributed by atoms with Gasteiger partial charge in [0, 0.05) is 82.9 Å². The number of methoxy groups -OCH3 is 2. The van der Waals surface area contributed by atoms with E-state index in [1.807, 2.05) is 0 Å². The lowest BCUT2D eigenvalue weighted by molar-refractivity contribution is -0.0807. The first-order valence-corrected chi connectivity index (χ1v) is 13.1. The van der Waals surface area contributed by atoms with Gasteiger partial charge in [-0.05, 0) is 49.4 Å². The number of anilines is 2. The van der Waals surface area contributed by atoms with Crippen LogP contribution in [0.2, 0.25) is 5.02 Å². The minimum atomic E-state index is -0.183. The van der Waals surface area contributed by atoms with E-state index in [1.54, 1.807) is 20.4 Å². The van der Waals surface area contributed by atoms with Crippen molar-refractivity contribution in [2.45, 2.75) is 56.2 Å². The molecule has 0 amide bonds. The first-order valence-electron chi connectivity index (χ1n) is 12.7. The quantitative estimate of drug-likeness (QED) is 0.374. The normalized spacial score (nSPS) is 22.0. The predicted molar refractivity (Wildman–Crippen MR) is 143 cm³/mol. The first kappa shape index (κ1) is 26.2. The summed E-state index contributed by atoms with van der Waals surface area (Å²) in [6, 6.07) is 11.4. The van der Waals surface area contributed by atoms with Crippen molar-refractivity contribution >= 4 is 23.1 Å². The molecule has 0 atom stereocenters. The van der Waals surface area contributed by atoms with Crippen molar-refractivity contribution in [3.05, 3.63) is 41.6 Å². The van der Waals surface area contributed by atoms with Gasteiger partial charge in [0.05, 0.1) is 17.2 Å². The highest BCUT2D eigenvalue weighted by Crippen LogP contribution is 2.32. The molecule has 0 bridgehead atoms. The van der Waals surface area contributed by atoms with Gasteiger partial charge in [-0.25, -0.2) is 4.98 Å². The van der Waals surface area contributed by atoms with Gasteiger partial charge in [-0.2, -0.15) is 0 Å². The third-order valence-corrected chi connectivity index (χ3v) is 7.60. The van der Waals surface area contributed by atoms with Crippen LogP contribution in [-0.4, -0.2) is 69.8 Å². The fourth-order valence-corrected chi connectivity index (χ4v) is 5.22. The Morgan fingerprint density at radius 3 is 2.60 bits per heavy atom. The molecule has 1 aliphatic heterocycles. The molecule has 7 nitrogen and oxygen atoms in total. The van der Waals surface area contributed by atoms with Gasteiger partial charge in [0.25, 0.3) is 0 Å². The van der Waals surface area contributed by atoms with E-state index < -0.39 is 0 Å². The summed E-state index contributed by atoms with van der Waals surface area (Å²) in [5, 5.41) is 11.4. The van der Waals surface area contributed by atoms with Crippen LogP contribution in [0, 0.1) is 0 Å². The lowest BCUT2D eigenvalue weighted by Crippen LogP contribution is -2.44. The highest BCUT2D eigenvalue weighted by molar-refractivity contribution is 6.33. The van der Waals surface area contributed by atoms with E-state index in [-0.39, 0.29) is 5.60 Å². The highest BCUT2D eigenvalue weighted by Gasteiger charge is 2.32. The second-order valence-corrected chi connectivity index (χ2v) is 10.0. The number of ether oxygens (including phenoxy) is 3. The molecule has 35 heavy (non-hydrogen) atoms. The average molecular weight is 503 g/mol. The number of rotatable bonds is 11. The number of hydrogen-bond donors (Lipinski definition) is 3. The van der Waals surface area contributed by atoms with Crippen molar-refractivity contribution in [3.63, 3.8) is 0 Å². The molecule has 2 heterocycles. The van der Waals surface area contributed by atoms with Crippen molar-refractivity contribution < 1.29 is 14.2 Å². The first-order chi connectivity index (χ1) is 17.1. The van der Waals surface area contributed by atoms with Gasteiger partial charge in [0.15, 0.2) is 0 Å². The molecule has 0 spiro atoms. The maximum Gasteiger partial charge on any atom is 0.126 e. The predicted octanol–water partition coefficient (Wildman–Crippen LogP) is 4.97.